The summed E-state index contributed by atoms with van der Waals surface area (Å²) in [6, 6.07) is 7.86. The monoisotopic (exact) mass is 413 g/mol. The predicted octanol–water partition coefficient (Wildman–Crippen LogP) is 4.60. The Morgan fingerprint density at radius 1 is 1.20 bits per heavy atom. The molecular formula is C14H13Br2N3S. The van der Waals surface area contributed by atoms with Gasteiger partial charge >= 0.3 is 0 Å². The Morgan fingerprint density at radius 2 is 1.90 bits per heavy atom. The van der Waals surface area contributed by atoms with E-state index in [9.17, 15) is 0 Å². The zero-order valence-corrected chi connectivity index (χ0v) is 15.0. The number of thiocarbonyl (C=S) groups is 1. The summed E-state index contributed by atoms with van der Waals surface area (Å²) in [7, 11) is 0. The maximum atomic E-state index is 5.82. The molecule has 20 heavy (non-hydrogen) atoms. The third-order valence-corrected chi connectivity index (χ3v) is 4.16. The number of anilines is 2. The lowest BCUT2D eigenvalue weighted by Gasteiger charge is -2.15. The number of nitrogens with two attached hydrogens (primary N) is 1. The van der Waals surface area contributed by atoms with Crippen molar-refractivity contribution < 1.29 is 0 Å². The maximum Gasteiger partial charge on any atom is 0.107 e. The molecule has 0 aliphatic rings. The van der Waals surface area contributed by atoms with Gasteiger partial charge in [0.25, 0.3) is 0 Å². The van der Waals surface area contributed by atoms with Crippen LogP contribution in [0.4, 0.5) is 11.4 Å². The van der Waals surface area contributed by atoms with Crippen molar-refractivity contribution in [2.24, 2.45) is 5.73 Å². The molecule has 6 heteroatoms. The average molecular weight is 415 g/mol. The van der Waals surface area contributed by atoms with Crippen LogP contribution in [0.15, 0.2) is 33.2 Å². The Bertz CT molecular complexity index is 686. The minimum absolute atomic E-state index is 0.337. The van der Waals surface area contributed by atoms with Crippen molar-refractivity contribution in [1.29, 1.82) is 0 Å². The fourth-order valence-electron chi connectivity index (χ4n) is 1.98. The molecule has 0 radical (unpaired) electrons. The van der Waals surface area contributed by atoms with E-state index in [-0.39, 0.29) is 0 Å². The van der Waals surface area contributed by atoms with Gasteiger partial charge in [0.05, 0.1) is 16.9 Å². The Hall–Kier alpha value is -0.980. The summed E-state index contributed by atoms with van der Waals surface area (Å²) in [5.74, 6) is 0. The van der Waals surface area contributed by atoms with Crippen LogP contribution in [0, 0.1) is 13.8 Å². The highest BCUT2D eigenvalue weighted by Gasteiger charge is 2.12. The van der Waals surface area contributed by atoms with Gasteiger partial charge in [0, 0.05) is 20.3 Å². The summed E-state index contributed by atoms with van der Waals surface area (Å²) < 4.78 is 1.95. The van der Waals surface area contributed by atoms with Crippen LogP contribution in [-0.2, 0) is 0 Å². The lowest BCUT2D eigenvalue weighted by molar-refractivity contribution is 1.11. The van der Waals surface area contributed by atoms with E-state index in [1.54, 1.807) is 0 Å². The van der Waals surface area contributed by atoms with Gasteiger partial charge in [0.1, 0.15) is 4.99 Å². The zero-order chi connectivity index (χ0) is 14.9. The van der Waals surface area contributed by atoms with E-state index in [1.807, 2.05) is 38.1 Å². The van der Waals surface area contributed by atoms with Gasteiger partial charge in [-0.1, -0.05) is 28.1 Å². The van der Waals surface area contributed by atoms with E-state index in [0.29, 0.717) is 4.99 Å². The number of nitrogens with zero attached hydrogens (tertiary/aromatic N) is 1. The van der Waals surface area contributed by atoms with Crippen LogP contribution in [0.25, 0.3) is 0 Å². The molecule has 2 rings (SSSR count). The topological polar surface area (TPSA) is 50.9 Å². The standard InChI is InChI=1S/C14H13Br2N3S/c1-7-5-12(13(14(17)20)8(2)18-7)19-11-6-9(15)3-4-10(11)16/h3-6H,1-2H3,(H2,17,20)(H,18,19). The number of rotatable bonds is 3. The summed E-state index contributed by atoms with van der Waals surface area (Å²) in [6.07, 6.45) is 0. The minimum Gasteiger partial charge on any atom is -0.389 e. The molecule has 2 aromatic rings. The molecule has 0 atom stereocenters. The third-order valence-electron chi connectivity index (χ3n) is 2.77. The number of aromatic nitrogens is 1. The summed E-state index contributed by atoms with van der Waals surface area (Å²) in [5.41, 5.74) is 10.1. The lowest BCUT2D eigenvalue weighted by atomic mass is 10.1. The second-order valence-electron chi connectivity index (χ2n) is 4.39. The highest BCUT2D eigenvalue weighted by molar-refractivity contribution is 9.11. The van der Waals surface area contributed by atoms with Crippen LogP contribution >= 0.6 is 44.1 Å². The van der Waals surface area contributed by atoms with Crippen LogP contribution in [0.5, 0.6) is 0 Å². The largest absolute Gasteiger partial charge is 0.389 e. The van der Waals surface area contributed by atoms with Crippen LogP contribution in [0.2, 0.25) is 0 Å². The summed E-state index contributed by atoms with van der Waals surface area (Å²) in [6.45, 7) is 3.85. The Labute approximate surface area is 140 Å². The number of nitrogens with one attached hydrogen (secondary N) is 1. The number of halogens is 2. The van der Waals surface area contributed by atoms with E-state index in [4.69, 9.17) is 18.0 Å². The molecule has 104 valence electrons. The fourth-order valence-corrected chi connectivity index (χ4v) is 2.94. The molecular weight excluding hydrogens is 402 g/mol. The van der Waals surface area contributed by atoms with Crippen molar-refractivity contribution >= 4 is 60.4 Å². The molecule has 0 aliphatic carbocycles. The van der Waals surface area contributed by atoms with Crippen molar-refractivity contribution in [2.75, 3.05) is 5.32 Å². The number of benzene rings is 1. The molecule has 0 aliphatic heterocycles. The second-order valence-corrected chi connectivity index (χ2v) is 6.59. The van der Waals surface area contributed by atoms with Crippen LogP contribution in [0.3, 0.4) is 0 Å². The van der Waals surface area contributed by atoms with Crippen molar-refractivity contribution in [1.82, 2.24) is 4.98 Å². The van der Waals surface area contributed by atoms with Crippen LogP contribution in [-0.4, -0.2) is 9.97 Å². The Balaban J connectivity index is 2.53. The smallest absolute Gasteiger partial charge is 0.107 e. The molecule has 1 aromatic heterocycles. The van der Waals surface area contributed by atoms with E-state index in [2.05, 4.69) is 42.2 Å². The van der Waals surface area contributed by atoms with Gasteiger partial charge in [-0.3, -0.25) is 4.98 Å². The summed E-state index contributed by atoms with van der Waals surface area (Å²) in [4.78, 5) is 4.75. The van der Waals surface area contributed by atoms with E-state index in [1.165, 1.54) is 0 Å². The molecule has 3 N–H and O–H groups in total. The molecule has 0 bridgehead atoms. The van der Waals surface area contributed by atoms with Gasteiger partial charge in [-0.05, 0) is 54.0 Å². The first-order chi connectivity index (χ1) is 9.38. The van der Waals surface area contributed by atoms with Gasteiger partial charge in [-0.25, -0.2) is 0 Å². The maximum absolute atomic E-state index is 5.82. The first-order valence-corrected chi connectivity index (χ1v) is 7.88. The average Bonchev–Trinajstić information content (AvgIpc) is 2.32. The van der Waals surface area contributed by atoms with Crippen LogP contribution in [0.1, 0.15) is 17.0 Å². The van der Waals surface area contributed by atoms with Crippen molar-refractivity contribution in [2.45, 2.75) is 13.8 Å². The van der Waals surface area contributed by atoms with Gasteiger partial charge in [-0.15, -0.1) is 0 Å². The Morgan fingerprint density at radius 3 is 2.55 bits per heavy atom. The molecule has 0 spiro atoms. The molecule has 0 saturated carbocycles. The summed E-state index contributed by atoms with van der Waals surface area (Å²) >= 11 is 12.1. The van der Waals surface area contributed by atoms with Gasteiger partial charge in [-0.2, -0.15) is 0 Å². The molecule has 0 unspecified atom stereocenters. The Kier molecular flexibility index (Phi) is 4.78. The summed E-state index contributed by atoms with van der Waals surface area (Å²) in [5, 5.41) is 3.36. The molecule has 3 nitrogen and oxygen atoms in total. The lowest BCUT2D eigenvalue weighted by Crippen LogP contribution is -2.15. The van der Waals surface area contributed by atoms with Gasteiger partial charge < -0.3 is 11.1 Å². The normalized spacial score (nSPS) is 10.4. The van der Waals surface area contributed by atoms with E-state index in [0.717, 1.165) is 37.3 Å². The van der Waals surface area contributed by atoms with Gasteiger partial charge in [0.15, 0.2) is 0 Å². The van der Waals surface area contributed by atoms with Crippen molar-refractivity contribution in [3.05, 3.63) is 50.2 Å². The van der Waals surface area contributed by atoms with Gasteiger partial charge in [0.2, 0.25) is 0 Å². The zero-order valence-electron chi connectivity index (χ0n) is 11.0. The first-order valence-electron chi connectivity index (χ1n) is 5.88. The highest BCUT2D eigenvalue weighted by Crippen LogP contribution is 2.31. The van der Waals surface area contributed by atoms with Crippen molar-refractivity contribution in [3.63, 3.8) is 0 Å². The number of hydrogen-bond donors (Lipinski definition) is 2. The predicted molar refractivity (Wildman–Crippen MR) is 94.7 cm³/mol. The number of hydrogen-bond acceptors (Lipinski definition) is 3. The van der Waals surface area contributed by atoms with Crippen molar-refractivity contribution in [3.8, 4) is 0 Å². The fraction of sp³-hybridized carbons (Fsp3) is 0.143. The minimum atomic E-state index is 0.337. The molecule has 1 aromatic carbocycles. The third kappa shape index (κ3) is 3.37. The quantitative estimate of drug-likeness (QED) is 0.720. The molecule has 0 saturated heterocycles. The molecule has 1 heterocycles. The van der Waals surface area contributed by atoms with Crippen LogP contribution < -0.4 is 11.1 Å². The number of aryl methyl sites for hydroxylation is 2. The highest BCUT2D eigenvalue weighted by atomic mass is 79.9. The second kappa shape index (κ2) is 6.20. The molecule has 0 fully saturated rings. The molecule has 0 amide bonds. The SMILES string of the molecule is Cc1cc(Nc2cc(Br)ccc2Br)c(C(N)=S)c(C)n1. The van der Waals surface area contributed by atoms with E-state index >= 15 is 0 Å². The first kappa shape index (κ1) is 15.4. The number of pyridine rings is 1. The van der Waals surface area contributed by atoms with E-state index < -0.39 is 0 Å².